The van der Waals surface area contributed by atoms with Gasteiger partial charge in [0.1, 0.15) is 0 Å². The van der Waals surface area contributed by atoms with E-state index in [1.165, 1.54) is 16.8 Å². The maximum atomic E-state index is 4.77. The smallest absolute Gasteiger partial charge is 0.225 e. The number of nitrogens with zero attached hydrogens (tertiary/aromatic N) is 7. The van der Waals surface area contributed by atoms with Crippen LogP contribution in [-0.2, 0) is 13.1 Å². The summed E-state index contributed by atoms with van der Waals surface area (Å²) >= 11 is 0. The Hall–Kier alpha value is -3.42. The first-order valence-corrected chi connectivity index (χ1v) is 10.7. The molecule has 1 N–H and O–H groups in total. The summed E-state index contributed by atoms with van der Waals surface area (Å²) in [5, 5.41) is 8.31. The summed E-state index contributed by atoms with van der Waals surface area (Å²) in [4.78, 5) is 17.7. The molecule has 8 heteroatoms. The number of benzene rings is 1. The van der Waals surface area contributed by atoms with Crippen molar-refractivity contribution in [2.24, 2.45) is 4.99 Å². The Balaban J connectivity index is 1.36. The molecule has 0 atom stereocenters. The fraction of sp³-hybridized carbons (Fsp3) is 0.391. The average Bonchev–Trinajstić information content (AvgIpc) is 3.08. The number of nitrogens with one attached hydrogen (secondary N) is 1. The number of aryl methyl sites for hydroxylation is 1. The van der Waals surface area contributed by atoms with Crippen LogP contribution >= 0.6 is 0 Å². The highest BCUT2D eigenvalue weighted by Crippen LogP contribution is 2.15. The number of hydrogen-bond acceptors (Lipinski definition) is 5. The van der Waals surface area contributed by atoms with Gasteiger partial charge in [-0.15, -0.1) is 0 Å². The van der Waals surface area contributed by atoms with Crippen LogP contribution in [0.4, 0.5) is 5.95 Å². The average molecular weight is 419 g/mol. The highest BCUT2D eigenvalue weighted by molar-refractivity contribution is 5.80. The van der Waals surface area contributed by atoms with E-state index in [0.717, 1.165) is 50.3 Å². The van der Waals surface area contributed by atoms with Crippen LogP contribution in [0.25, 0.3) is 0 Å². The first-order chi connectivity index (χ1) is 15.2. The molecule has 1 aromatic carbocycles. The second-order valence-electron chi connectivity index (χ2n) is 7.72. The molecule has 0 bridgehead atoms. The van der Waals surface area contributed by atoms with E-state index < -0.39 is 0 Å². The van der Waals surface area contributed by atoms with Crippen molar-refractivity contribution in [1.82, 2.24) is 30.0 Å². The monoisotopic (exact) mass is 418 g/mol. The van der Waals surface area contributed by atoms with Gasteiger partial charge in [0.2, 0.25) is 5.95 Å². The quantitative estimate of drug-likeness (QED) is 0.506. The lowest BCUT2D eigenvalue weighted by atomic mass is 10.2. The third-order valence-electron chi connectivity index (χ3n) is 5.76. The Labute approximate surface area is 183 Å². The largest absolute Gasteiger partial charge is 0.352 e. The summed E-state index contributed by atoms with van der Waals surface area (Å²) in [5.41, 5.74) is 4.73. The number of aromatic nitrogens is 4. The van der Waals surface area contributed by atoms with Gasteiger partial charge in [0.05, 0.1) is 12.2 Å². The van der Waals surface area contributed by atoms with Gasteiger partial charge in [-0.3, -0.25) is 9.67 Å². The molecule has 8 nitrogen and oxygen atoms in total. The normalized spacial score (nSPS) is 14.7. The third-order valence-corrected chi connectivity index (χ3v) is 5.76. The summed E-state index contributed by atoms with van der Waals surface area (Å²) in [7, 11) is 1.84. The lowest BCUT2D eigenvalue weighted by Crippen LogP contribution is -2.52. The van der Waals surface area contributed by atoms with Crippen LogP contribution in [0.3, 0.4) is 0 Å². The van der Waals surface area contributed by atoms with E-state index in [-0.39, 0.29) is 0 Å². The molecule has 4 rings (SSSR count). The van der Waals surface area contributed by atoms with E-state index in [0.29, 0.717) is 6.54 Å². The molecule has 1 saturated heterocycles. The van der Waals surface area contributed by atoms with Gasteiger partial charge in [-0.25, -0.2) is 9.97 Å². The molecule has 0 unspecified atom stereocenters. The van der Waals surface area contributed by atoms with Crippen LogP contribution < -0.4 is 10.2 Å². The molecule has 162 valence electrons. The summed E-state index contributed by atoms with van der Waals surface area (Å²) in [6.45, 7) is 9.21. The van der Waals surface area contributed by atoms with Crippen LogP contribution in [-0.4, -0.2) is 63.8 Å². The minimum absolute atomic E-state index is 0.709. The van der Waals surface area contributed by atoms with Crippen molar-refractivity contribution in [3.63, 3.8) is 0 Å². The van der Waals surface area contributed by atoms with Crippen LogP contribution in [0.5, 0.6) is 0 Å². The van der Waals surface area contributed by atoms with E-state index in [1.54, 1.807) is 12.4 Å². The molecule has 2 aromatic heterocycles. The van der Waals surface area contributed by atoms with Crippen molar-refractivity contribution in [1.29, 1.82) is 0 Å². The lowest BCUT2D eigenvalue weighted by molar-refractivity contribution is 0.370. The predicted octanol–water partition coefficient (Wildman–Crippen LogP) is 2.24. The molecule has 0 spiro atoms. The Bertz CT molecular complexity index is 1000. The topological polar surface area (TPSA) is 74.5 Å². The maximum absolute atomic E-state index is 4.77. The number of piperazine rings is 1. The summed E-state index contributed by atoms with van der Waals surface area (Å²) in [6.07, 6.45) is 3.58. The first kappa shape index (κ1) is 20.8. The zero-order valence-electron chi connectivity index (χ0n) is 18.5. The molecule has 0 saturated carbocycles. The van der Waals surface area contributed by atoms with Crippen molar-refractivity contribution < 1.29 is 0 Å². The van der Waals surface area contributed by atoms with Crippen molar-refractivity contribution >= 4 is 11.9 Å². The minimum atomic E-state index is 0.709. The van der Waals surface area contributed by atoms with Crippen LogP contribution in [0, 0.1) is 13.8 Å². The van der Waals surface area contributed by atoms with Crippen molar-refractivity contribution in [2.45, 2.75) is 26.9 Å². The number of aliphatic imine (C=N–C) groups is 1. The van der Waals surface area contributed by atoms with E-state index in [4.69, 9.17) is 5.10 Å². The zero-order chi connectivity index (χ0) is 21.6. The van der Waals surface area contributed by atoms with Gasteiger partial charge < -0.3 is 15.1 Å². The maximum Gasteiger partial charge on any atom is 0.225 e. The lowest BCUT2D eigenvalue weighted by Gasteiger charge is -2.36. The molecule has 0 amide bonds. The van der Waals surface area contributed by atoms with Gasteiger partial charge >= 0.3 is 0 Å². The molecular formula is C23H30N8. The van der Waals surface area contributed by atoms with Crippen molar-refractivity contribution in [3.8, 4) is 0 Å². The van der Waals surface area contributed by atoms with E-state index in [9.17, 15) is 0 Å². The number of anilines is 1. The second-order valence-corrected chi connectivity index (χ2v) is 7.72. The van der Waals surface area contributed by atoms with Crippen LogP contribution in [0.2, 0.25) is 0 Å². The standard InChI is InChI=1S/C23H30N8/c1-18-21(19(2)31(28-18)17-20-8-5-4-6-9-20)16-27-22(24-3)29-12-14-30(15-13-29)23-25-10-7-11-26-23/h4-11H,12-17H2,1-3H3,(H,24,27). The van der Waals surface area contributed by atoms with E-state index >= 15 is 0 Å². The molecule has 1 aliphatic rings. The predicted molar refractivity (Wildman–Crippen MR) is 123 cm³/mol. The molecule has 0 aliphatic carbocycles. The number of guanidine groups is 1. The third kappa shape index (κ3) is 4.84. The van der Waals surface area contributed by atoms with Gasteiger partial charge in [0.15, 0.2) is 5.96 Å². The summed E-state index contributed by atoms with van der Waals surface area (Å²) in [6, 6.07) is 12.3. The molecule has 1 fully saturated rings. The van der Waals surface area contributed by atoms with E-state index in [1.807, 2.05) is 19.2 Å². The Morgan fingerprint density at radius 2 is 1.71 bits per heavy atom. The van der Waals surface area contributed by atoms with E-state index in [2.05, 4.69) is 72.9 Å². The molecule has 3 heterocycles. The summed E-state index contributed by atoms with van der Waals surface area (Å²) < 4.78 is 2.09. The molecule has 1 aliphatic heterocycles. The van der Waals surface area contributed by atoms with Gasteiger partial charge in [0, 0.05) is 63.4 Å². The molecule has 3 aromatic rings. The molecular weight excluding hydrogens is 388 g/mol. The Kier molecular flexibility index (Phi) is 6.45. The number of rotatable bonds is 5. The van der Waals surface area contributed by atoms with Gasteiger partial charge in [-0.1, -0.05) is 30.3 Å². The van der Waals surface area contributed by atoms with Crippen LogP contribution in [0.1, 0.15) is 22.5 Å². The Morgan fingerprint density at radius 3 is 2.39 bits per heavy atom. The highest BCUT2D eigenvalue weighted by atomic mass is 15.4. The van der Waals surface area contributed by atoms with Crippen molar-refractivity contribution in [3.05, 3.63) is 71.3 Å². The molecule has 31 heavy (non-hydrogen) atoms. The first-order valence-electron chi connectivity index (χ1n) is 10.7. The van der Waals surface area contributed by atoms with Gasteiger partial charge in [-0.2, -0.15) is 5.10 Å². The fourth-order valence-corrected chi connectivity index (χ4v) is 3.97. The van der Waals surface area contributed by atoms with Gasteiger partial charge in [-0.05, 0) is 25.5 Å². The minimum Gasteiger partial charge on any atom is -0.352 e. The number of hydrogen-bond donors (Lipinski definition) is 1. The van der Waals surface area contributed by atoms with Crippen molar-refractivity contribution in [2.75, 3.05) is 38.1 Å². The SMILES string of the molecule is CN=C(NCc1c(C)nn(Cc2ccccc2)c1C)N1CCN(c2ncccn2)CC1. The fourth-order valence-electron chi connectivity index (χ4n) is 3.97. The Morgan fingerprint density at radius 1 is 1.00 bits per heavy atom. The zero-order valence-corrected chi connectivity index (χ0v) is 18.5. The summed E-state index contributed by atoms with van der Waals surface area (Å²) in [5.74, 6) is 1.71. The second kappa shape index (κ2) is 9.59. The van der Waals surface area contributed by atoms with Crippen LogP contribution in [0.15, 0.2) is 53.8 Å². The highest BCUT2D eigenvalue weighted by Gasteiger charge is 2.21. The van der Waals surface area contributed by atoms with Gasteiger partial charge in [0.25, 0.3) is 0 Å². The molecule has 0 radical (unpaired) electrons.